The topological polar surface area (TPSA) is 107 Å². The molecule has 8 nitrogen and oxygen atoms in total. The number of hydrogen-bond donors (Lipinski definition) is 3. The van der Waals surface area contributed by atoms with Gasteiger partial charge in [0, 0.05) is 61.6 Å². The highest BCUT2D eigenvalue weighted by Gasteiger charge is 2.23. The van der Waals surface area contributed by atoms with Crippen LogP contribution in [0.15, 0.2) is 67.0 Å². The van der Waals surface area contributed by atoms with Gasteiger partial charge in [-0.3, -0.25) is 9.59 Å². The van der Waals surface area contributed by atoms with E-state index in [1.54, 1.807) is 0 Å². The number of aromatic amines is 1. The van der Waals surface area contributed by atoms with Gasteiger partial charge < -0.3 is 25.8 Å². The zero-order valence-corrected chi connectivity index (χ0v) is 21.2. The number of H-pyrrole nitrogens is 1. The quantitative estimate of drug-likeness (QED) is 0.322. The number of anilines is 4. The first kappa shape index (κ1) is 24.4. The van der Waals surface area contributed by atoms with Crippen molar-refractivity contribution in [2.45, 2.75) is 32.1 Å². The van der Waals surface area contributed by atoms with Crippen LogP contribution in [0.1, 0.15) is 48.0 Å². The number of primary amides is 1. The first-order valence-corrected chi connectivity index (χ1v) is 12.7. The van der Waals surface area contributed by atoms with Crippen LogP contribution in [0.2, 0.25) is 0 Å². The molecular formula is C29H32N6O2. The van der Waals surface area contributed by atoms with E-state index in [1.165, 1.54) is 11.8 Å². The third-order valence-electron chi connectivity index (χ3n) is 7.25. The average molecular weight is 497 g/mol. The fourth-order valence-corrected chi connectivity index (χ4v) is 5.14. The van der Waals surface area contributed by atoms with Crippen LogP contribution < -0.4 is 16.0 Å². The Hall–Kier alpha value is -4.33. The minimum atomic E-state index is -0.529. The van der Waals surface area contributed by atoms with E-state index in [2.05, 4.69) is 27.4 Å². The van der Waals surface area contributed by atoms with Gasteiger partial charge in [-0.1, -0.05) is 25.1 Å². The molecule has 0 spiro atoms. The number of nitrogens with two attached hydrogens (primary N) is 1. The van der Waals surface area contributed by atoms with Crippen molar-refractivity contribution < 1.29 is 9.59 Å². The van der Waals surface area contributed by atoms with E-state index in [1.807, 2.05) is 72.4 Å². The lowest BCUT2D eigenvalue weighted by Crippen LogP contribution is -2.37. The fourth-order valence-electron chi connectivity index (χ4n) is 5.14. The molecule has 0 bridgehead atoms. The number of nitrogens with zero attached hydrogens (tertiary/aromatic N) is 3. The predicted octanol–water partition coefficient (Wildman–Crippen LogP) is 5.29. The van der Waals surface area contributed by atoms with Crippen LogP contribution in [0.3, 0.4) is 0 Å². The Balaban J connectivity index is 1.34. The highest BCUT2D eigenvalue weighted by Crippen LogP contribution is 2.34. The van der Waals surface area contributed by atoms with Crippen LogP contribution in [-0.2, 0) is 4.79 Å². The van der Waals surface area contributed by atoms with Crippen LogP contribution in [0.5, 0.6) is 0 Å². The number of benzene rings is 2. The number of pyridine rings is 1. The van der Waals surface area contributed by atoms with Crippen LogP contribution >= 0.6 is 0 Å². The second-order valence-electron chi connectivity index (χ2n) is 9.48. The van der Waals surface area contributed by atoms with Crippen molar-refractivity contribution in [1.82, 2.24) is 14.9 Å². The van der Waals surface area contributed by atoms with Gasteiger partial charge in [-0.15, -0.1) is 0 Å². The predicted molar refractivity (Wildman–Crippen MR) is 148 cm³/mol. The van der Waals surface area contributed by atoms with Crippen molar-refractivity contribution in [1.29, 1.82) is 0 Å². The lowest BCUT2D eigenvalue weighted by atomic mass is 9.89. The molecule has 0 unspecified atom stereocenters. The molecule has 2 aromatic carbocycles. The average Bonchev–Trinajstić information content (AvgIpc) is 3.42. The minimum absolute atomic E-state index is 0.239. The van der Waals surface area contributed by atoms with Gasteiger partial charge in [-0.2, -0.15) is 0 Å². The van der Waals surface area contributed by atoms with Crippen molar-refractivity contribution in [3.05, 3.63) is 78.1 Å². The Morgan fingerprint density at radius 2 is 1.86 bits per heavy atom. The van der Waals surface area contributed by atoms with Crippen molar-refractivity contribution >= 4 is 45.6 Å². The highest BCUT2D eigenvalue weighted by atomic mass is 16.2. The van der Waals surface area contributed by atoms with Crippen LogP contribution in [0.4, 0.5) is 22.9 Å². The summed E-state index contributed by atoms with van der Waals surface area (Å²) in [5, 5.41) is 4.41. The summed E-state index contributed by atoms with van der Waals surface area (Å²) in [6.45, 7) is 3.56. The molecule has 0 aliphatic carbocycles. The number of amides is 2. The number of carbonyl (C=O) groups is 2. The van der Waals surface area contributed by atoms with Gasteiger partial charge in [0.2, 0.25) is 5.91 Å². The first-order valence-electron chi connectivity index (χ1n) is 12.7. The molecule has 8 heteroatoms. The molecule has 2 amide bonds. The largest absolute Gasteiger partial charge is 0.365 e. The summed E-state index contributed by atoms with van der Waals surface area (Å²) in [5.41, 5.74) is 10.9. The summed E-state index contributed by atoms with van der Waals surface area (Å²) in [4.78, 5) is 35.8. The Morgan fingerprint density at radius 1 is 1.11 bits per heavy atom. The van der Waals surface area contributed by atoms with Crippen LogP contribution in [-0.4, -0.2) is 46.8 Å². The molecule has 5 rings (SSSR count). The third-order valence-corrected chi connectivity index (χ3v) is 7.25. The SMILES string of the molecule is CCC(=O)N1CCC(c2ccc(Nc3cc(N(C)c4cccc5[nH]ccc45)c(C(N)=O)cn3)cc2)CC1. The number of hydrogen-bond acceptors (Lipinski definition) is 5. The zero-order valence-electron chi connectivity index (χ0n) is 21.2. The van der Waals surface area contributed by atoms with E-state index in [4.69, 9.17) is 5.73 Å². The lowest BCUT2D eigenvalue weighted by molar-refractivity contribution is -0.131. The summed E-state index contributed by atoms with van der Waals surface area (Å²) >= 11 is 0. The lowest BCUT2D eigenvalue weighted by Gasteiger charge is -2.32. The molecule has 1 saturated heterocycles. The van der Waals surface area contributed by atoms with Crippen LogP contribution in [0, 0.1) is 0 Å². The molecular weight excluding hydrogens is 464 g/mol. The standard InChI is InChI=1S/C29H32N6O2/c1-3-28(36)35-15-12-20(13-16-35)19-7-9-21(10-8-19)33-27-17-26(23(18-32-27)29(30)37)34(2)25-6-4-5-24-22(25)11-14-31-24/h4-11,14,17-18,20,31H,3,12-13,15-16H2,1-2H3,(H2,30,37)(H,32,33). The molecule has 190 valence electrons. The molecule has 0 radical (unpaired) electrons. The first-order chi connectivity index (χ1) is 17.9. The molecule has 0 saturated carbocycles. The zero-order chi connectivity index (χ0) is 25.9. The molecule has 1 fully saturated rings. The molecule has 4 aromatic rings. The highest BCUT2D eigenvalue weighted by molar-refractivity contribution is 6.02. The molecule has 4 N–H and O–H groups in total. The Kier molecular flexibility index (Phi) is 6.81. The van der Waals surface area contributed by atoms with Crippen molar-refractivity contribution in [2.24, 2.45) is 5.73 Å². The summed E-state index contributed by atoms with van der Waals surface area (Å²) in [5.74, 6) is 0.785. The third kappa shape index (κ3) is 5.00. The Labute approximate surface area is 216 Å². The molecule has 1 aliphatic rings. The monoisotopic (exact) mass is 496 g/mol. The van der Waals surface area contributed by atoms with Crippen molar-refractivity contribution in [2.75, 3.05) is 30.4 Å². The van der Waals surface area contributed by atoms with E-state index in [0.717, 1.165) is 48.2 Å². The van der Waals surface area contributed by atoms with Crippen LogP contribution in [0.25, 0.3) is 10.9 Å². The molecule has 3 heterocycles. The van der Waals surface area contributed by atoms with Crippen molar-refractivity contribution in [3.8, 4) is 0 Å². The van der Waals surface area contributed by atoms with Gasteiger partial charge in [-0.25, -0.2) is 4.98 Å². The summed E-state index contributed by atoms with van der Waals surface area (Å²) in [6, 6.07) is 18.2. The maximum absolute atomic E-state index is 12.2. The molecule has 1 aliphatic heterocycles. The van der Waals surface area contributed by atoms with Gasteiger partial charge in [0.15, 0.2) is 0 Å². The summed E-state index contributed by atoms with van der Waals surface area (Å²) < 4.78 is 0. The number of carbonyl (C=O) groups excluding carboxylic acids is 2. The van der Waals surface area contributed by atoms with E-state index >= 15 is 0 Å². The minimum Gasteiger partial charge on any atom is -0.365 e. The number of piperidine rings is 1. The fraction of sp³-hybridized carbons (Fsp3) is 0.276. The van der Waals surface area contributed by atoms with E-state index < -0.39 is 5.91 Å². The van der Waals surface area contributed by atoms with Crippen molar-refractivity contribution in [3.63, 3.8) is 0 Å². The number of nitrogens with one attached hydrogen (secondary N) is 2. The van der Waals surface area contributed by atoms with Gasteiger partial charge in [0.05, 0.1) is 16.9 Å². The van der Waals surface area contributed by atoms with E-state index in [9.17, 15) is 9.59 Å². The molecule has 2 aromatic heterocycles. The van der Waals surface area contributed by atoms with Gasteiger partial charge in [-0.05, 0) is 54.7 Å². The Bertz CT molecular complexity index is 1420. The summed E-state index contributed by atoms with van der Waals surface area (Å²) in [7, 11) is 1.92. The Morgan fingerprint density at radius 3 is 2.57 bits per heavy atom. The smallest absolute Gasteiger partial charge is 0.252 e. The number of rotatable bonds is 7. The maximum Gasteiger partial charge on any atom is 0.252 e. The number of likely N-dealkylation sites (tertiary alicyclic amines) is 1. The maximum atomic E-state index is 12.2. The van der Waals surface area contributed by atoms with Gasteiger partial charge in [0.1, 0.15) is 5.82 Å². The second-order valence-corrected chi connectivity index (χ2v) is 9.48. The van der Waals surface area contributed by atoms with Gasteiger partial charge >= 0.3 is 0 Å². The molecule has 0 atom stereocenters. The van der Waals surface area contributed by atoms with Gasteiger partial charge in [0.25, 0.3) is 5.91 Å². The second kappa shape index (κ2) is 10.3. The normalized spacial score (nSPS) is 14.1. The number of aromatic nitrogens is 2. The number of fused-ring (bicyclic) bond motifs is 1. The van der Waals surface area contributed by atoms with E-state index in [0.29, 0.717) is 29.4 Å². The van der Waals surface area contributed by atoms with E-state index in [-0.39, 0.29) is 5.91 Å². The molecule has 37 heavy (non-hydrogen) atoms. The summed E-state index contributed by atoms with van der Waals surface area (Å²) in [6.07, 6.45) is 5.96.